The molecular weight excluding hydrogens is 309 g/mol. The Morgan fingerprint density at radius 2 is 1.85 bits per heavy atom. The molecule has 0 amide bonds. The molecule has 0 saturated heterocycles. The average Bonchev–Trinajstić information content (AvgIpc) is 2.35. The van der Waals surface area contributed by atoms with Crippen molar-refractivity contribution in [3.8, 4) is 0 Å². The highest BCUT2D eigenvalue weighted by molar-refractivity contribution is 7.80. The molecule has 2 rings (SSSR count). The maximum absolute atomic E-state index is 13.6. The van der Waals surface area contributed by atoms with Crippen molar-refractivity contribution in [1.29, 1.82) is 0 Å². The average molecular weight is 317 g/mol. The number of nitrogens with two attached hydrogens (primary N) is 1. The van der Waals surface area contributed by atoms with Gasteiger partial charge in [-0.2, -0.15) is 0 Å². The first-order valence-corrected chi connectivity index (χ1v) is 6.18. The Kier molecular flexibility index (Phi) is 4.15. The van der Waals surface area contributed by atoms with E-state index < -0.39 is 17.5 Å². The lowest BCUT2D eigenvalue weighted by Gasteiger charge is -2.13. The van der Waals surface area contributed by atoms with Gasteiger partial charge in [0.15, 0.2) is 11.6 Å². The Labute approximate surface area is 123 Å². The summed E-state index contributed by atoms with van der Waals surface area (Å²) in [6.07, 6.45) is 0. The predicted octanol–water partition coefficient (Wildman–Crippen LogP) is 4.14. The van der Waals surface area contributed by atoms with Crippen LogP contribution < -0.4 is 11.1 Å². The van der Waals surface area contributed by atoms with Gasteiger partial charge in [-0.25, -0.2) is 13.2 Å². The summed E-state index contributed by atoms with van der Waals surface area (Å²) in [4.78, 5) is -0.0182. The van der Waals surface area contributed by atoms with E-state index in [0.29, 0.717) is 6.07 Å². The molecule has 0 fully saturated rings. The van der Waals surface area contributed by atoms with Gasteiger partial charge in [-0.15, -0.1) is 0 Å². The number of nitrogens with one attached hydrogen (secondary N) is 1. The Balaban J connectivity index is 2.51. The summed E-state index contributed by atoms with van der Waals surface area (Å²) in [7, 11) is 0. The first kappa shape index (κ1) is 14.6. The summed E-state index contributed by atoms with van der Waals surface area (Å²) < 4.78 is 39.9. The molecule has 20 heavy (non-hydrogen) atoms. The zero-order valence-corrected chi connectivity index (χ0v) is 11.5. The molecule has 0 atom stereocenters. The minimum absolute atomic E-state index is 0.0182. The van der Waals surface area contributed by atoms with Gasteiger partial charge in [0.1, 0.15) is 10.8 Å². The first-order valence-electron chi connectivity index (χ1n) is 5.40. The Morgan fingerprint density at radius 1 is 1.15 bits per heavy atom. The quantitative estimate of drug-likeness (QED) is 0.660. The SMILES string of the molecule is NC(=S)c1c(Cl)cccc1Nc1cc(F)cc(F)c1F. The molecule has 0 bridgehead atoms. The summed E-state index contributed by atoms with van der Waals surface area (Å²) in [5, 5.41) is 2.79. The molecule has 0 spiro atoms. The topological polar surface area (TPSA) is 38.0 Å². The molecule has 0 radical (unpaired) electrons. The number of thiocarbonyl (C=S) groups is 1. The lowest BCUT2D eigenvalue weighted by atomic mass is 10.1. The second-order valence-corrected chi connectivity index (χ2v) is 4.75. The third-order valence-corrected chi connectivity index (χ3v) is 3.04. The zero-order chi connectivity index (χ0) is 14.9. The van der Waals surface area contributed by atoms with Crippen LogP contribution in [0.3, 0.4) is 0 Å². The van der Waals surface area contributed by atoms with Crippen molar-refractivity contribution in [1.82, 2.24) is 0 Å². The molecule has 2 aromatic carbocycles. The zero-order valence-electron chi connectivity index (χ0n) is 9.88. The van der Waals surface area contributed by atoms with E-state index in [2.05, 4.69) is 5.32 Å². The number of anilines is 2. The van der Waals surface area contributed by atoms with E-state index in [1.54, 1.807) is 12.1 Å². The van der Waals surface area contributed by atoms with Gasteiger partial charge >= 0.3 is 0 Å². The molecular formula is C13H8ClF3N2S. The van der Waals surface area contributed by atoms with E-state index in [1.165, 1.54) is 6.07 Å². The molecule has 0 heterocycles. The summed E-state index contributed by atoms with van der Waals surface area (Å²) in [6.45, 7) is 0. The van der Waals surface area contributed by atoms with Gasteiger partial charge < -0.3 is 11.1 Å². The van der Waals surface area contributed by atoms with Crippen LogP contribution in [0.1, 0.15) is 5.56 Å². The fourth-order valence-corrected chi connectivity index (χ4v) is 2.22. The highest BCUT2D eigenvalue weighted by Crippen LogP contribution is 2.29. The van der Waals surface area contributed by atoms with Crippen molar-refractivity contribution < 1.29 is 13.2 Å². The number of hydrogen-bond donors (Lipinski definition) is 2. The van der Waals surface area contributed by atoms with E-state index >= 15 is 0 Å². The molecule has 0 aliphatic rings. The van der Waals surface area contributed by atoms with E-state index in [1.807, 2.05) is 0 Å². The van der Waals surface area contributed by atoms with E-state index in [9.17, 15) is 13.2 Å². The maximum atomic E-state index is 13.6. The molecule has 0 aliphatic carbocycles. The predicted molar refractivity (Wildman–Crippen MR) is 76.9 cm³/mol. The van der Waals surface area contributed by atoms with E-state index in [0.717, 1.165) is 6.07 Å². The summed E-state index contributed by atoms with van der Waals surface area (Å²) >= 11 is 10.8. The van der Waals surface area contributed by atoms with Crippen molar-refractivity contribution in [3.05, 3.63) is 58.4 Å². The van der Waals surface area contributed by atoms with Gasteiger partial charge in [0.2, 0.25) is 0 Å². The van der Waals surface area contributed by atoms with Gasteiger partial charge in [0, 0.05) is 12.1 Å². The summed E-state index contributed by atoms with van der Waals surface area (Å²) in [5.74, 6) is -3.42. The van der Waals surface area contributed by atoms with Crippen LogP contribution in [0.2, 0.25) is 5.02 Å². The van der Waals surface area contributed by atoms with Crippen molar-refractivity contribution >= 4 is 40.2 Å². The van der Waals surface area contributed by atoms with Crippen molar-refractivity contribution in [2.24, 2.45) is 5.73 Å². The Bertz CT molecular complexity index is 692. The molecule has 2 aromatic rings. The molecule has 104 valence electrons. The Morgan fingerprint density at radius 3 is 2.50 bits per heavy atom. The highest BCUT2D eigenvalue weighted by Gasteiger charge is 2.15. The molecule has 2 nitrogen and oxygen atoms in total. The highest BCUT2D eigenvalue weighted by atomic mass is 35.5. The van der Waals surface area contributed by atoms with Gasteiger partial charge in [0.25, 0.3) is 0 Å². The molecule has 3 N–H and O–H groups in total. The fourth-order valence-electron chi connectivity index (χ4n) is 1.67. The van der Waals surface area contributed by atoms with Crippen molar-refractivity contribution in [3.63, 3.8) is 0 Å². The van der Waals surface area contributed by atoms with Crippen molar-refractivity contribution in [2.45, 2.75) is 0 Å². The van der Waals surface area contributed by atoms with E-state index in [-0.39, 0.29) is 26.9 Å². The standard InChI is InChI=1S/C13H8ClF3N2S/c14-7-2-1-3-9(11(7)13(18)20)19-10-5-6(15)4-8(16)12(10)17/h1-5,19H,(H2,18,20). The van der Waals surface area contributed by atoms with E-state index in [4.69, 9.17) is 29.6 Å². The van der Waals surface area contributed by atoms with Crippen molar-refractivity contribution in [2.75, 3.05) is 5.32 Å². The second kappa shape index (κ2) is 5.68. The monoisotopic (exact) mass is 316 g/mol. The van der Waals surface area contributed by atoms with Gasteiger partial charge in [-0.3, -0.25) is 0 Å². The van der Waals surface area contributed by atoms with Crippen LogP contribution >= 0.6 is 23.8 Å². The smallest absolute Gasteiger partial charge is 0.182 e. The number of rotatable bonds is 3. The minimum atomic E-state index is -1.30. The van der Waals surface area contributed by atoms with Crippen LogP contribution in [0, 0.1) is 17.5 Å². The van der Waals surface area contributed by atoms with Crippen LogP contribution in [0.4, 0.5) is 24.5 Å². The molecule has 0 aliphatic heterocycles. The van der Waals surface area contributed by atoms with Gasteiger partial charge in [-0.1, -0.05) is 29.9 Å². The maximum Gasteiger partial charge on any atom is 0.182 e. The van der Waals surface area contributed by atoms with Crippen LogP contribution in [0.15, 0.2) is 30.3 Å². The fraction of sp³-hybridized carbons (Fsp3) is 0. The third-order valence-electron chi connectivity index (χ3n) is 2.52. The third kappa shape index (κ3) is 2.86. The van der Waals surface area contributed by atoms with Crippen LogP contribution in [0.25, 0.3) is 0 Å². The molecule has 0 aromatic heterocycles. The molecule has 0 unspecified atom stereocenters. The second-order valence-electron chi connectivity index (χ2n) is 3.90. The Hall–Kier alpha value is -1.79. The van der Waals surface area contributed by atoms with Crippen LogP contribution in [-0.2, 0) is 0 Å². The minimum Gasteiger partial charge on any atom is -0.389 e. The van der Waals surface area contributed by atoms with Crippen LogP contribution in [0.5, 0.6) is 0 Å². The molecule has 7 heteroatoms. The number of hydrogen-bond acceptors (Lipinski definition) is 2. The largest absolute Gasteiger partial charge is 0.389 e. The lowest BCUT2D eigenvalue weighted by molar-refractivity contribution is 0.498. The summed E-state index contributed by atoms with van der Waals surface area (Å²) in [6, 6.07) is 5.90. The summed E-state index contributed by atoms with van der Waals surface area (Å²) in [5.41, 5.74) is 5.69. The number of benzene rings is 2. The van der Waals surface area contributed by atoms with Gasteiger partial charge in [0.05, 0.1) is 22.0 Å². The number of halogens is 4. The normalized spacial score (nSPS) is 10.4. The van der Waals surface area contributed by atoms with Gasteiger partial charge in [-0.05, 0) is 12.1 Å². The first-order chi connectivity index (χ1) is 9.40. The lowest BCUT2D eigenvalue weighted by Crippen LogP contribution is -2.13. The van der Waals surface area contributed by atoms with Crippen LogP contribution in [-0.4, -0.2) is 4.99 Å². The molecule has 0 saturated carbocycles.